The van der Waals surface area contributed by atoms with E-state index in [0.29, 0.717) is 5.75 Å². The number of hydrogen-bond donors (Lipinski definition) is 2. The molecule has 0 aliphatic rings. The molecule has 14 heavy (non-hydrogen) atoms. The highest BCUT2D eigenvalue weighted by Crippen LogP contribution is 2.42. The van der Waals surface area contributed by atoms with Gasteiger partial charge in [0.2, 0.25) is 0 Å². The lowest BCUT2D eigenvalue weighted by molar-refractivity contribution is 0.269. The van der Waals surface area contributed by atoms with Gasteiger partial charge in [0.25, 0.3) is 0 Å². The molecule has 1 unspecified atom stereocenters. The van der Waals surface area contributed by atoms with Crippen LogP contribution in [0.25, 0.3) is 0 Å². The largest absolute Gasteiger partial charge is 0.471 e. The molecule has 5 nitrogen and oxygen atoms in total. The van der Waals surface area contributed by atoms with Crippen molar-refractivity contribution in [3.05, 3.63) is 30.3 Å². The number of para-hydroxylation sites is 1. The Balaban J connectivity index is 2.71. The summed E-state index contributed by atoms with van der Waals surface area (Å²) in [6, 6.07) is 8.70. The van der Waals surface area contributed by atoms with Crippen LogP contribution in [0.2, 0.25) is 0 Å². The number of benzene rings is 1. The molecule has 0 aromatic heterocycles. The maximum absolute atomic E-state index is 11.7. The minimum absolute atomic E-state index is 0.258. The van der Waals surface area contributed by atoms with Crippen molar-refractivity contribution in [2.24, 2.45) is 5.84 Å². The first kappa shape index (κ1) is 11.2. The summed E-state index contributed by atoms with van der Waals surface area (Å²) in [5.74, 6) is 5.52. The van der Waals surface area contributed by atoms with E-state index in [1.54, 1.807) is 31.2 Å². The molecule has 0 aliphatic carbocycles. The third kappa shape index (κ3) is 3.12. The summed E-state index contributed by atoms with van der Waals surface area (Å²) in [5.41, 5.74) is 0. The van der Waals surface area contributed by atoms with Crippen molar-refractivity contribution in [1.29, 1.82) is 0 Å². The molecule has 0 bridgehead atoms. The van der Waals surface area contributed by atoms with Crippen LogP contribution in [0.1, 0.15) is 6.92 Å². The SMILES string of the molecule is CCOP(=O)(NN)Oc1ccccc1. The molecule has 0 saturated heterocycles. The second-order valence-electron chi connectivity index (χ2n) is 2.45. The number of rotatable bonds is 5. The quantitative estimate of drug-likeness (QED) is 0.445. The first-order chi connectivity index (χ1) is 6.70. The zero-order chi connectivity index (χ0) is 10.4. The minimum atomic E-state index is -3.39. The summed E-state index contributed by atoms with van der Waals surface area (Å²) in [4.78, 5) is 0. The van der Waals surface area contributed by atoms with Crippen LogP contribution >= 0.6 is 7.75 Å². The molecule has 0 spiro atoms. The Bertz CT molecular complexity index is 318. The van der Waals surface area contributed by atoms with E-state index in [9.17, 15) is 4.57 Å². The van der Waals surface area contributed by atoms with Gasteiger partial charge in [-0.1, -0.05) is 18.2 Å². The summed E-state index contributed by atoms with van der Waals surface area (Å²) < 4.78 is 21.6. The average molecular weight is 216 g/mol. The predicted octanol–water partition coefficient (Wildman–Crippen LogP) is 1.67. The molecule has 0 saturated carbocycles. The highest BCUT2D eigenvalue weighted by Gasteiger charge is 2.23. The van der Waals surface area contributed by atoms with E-state index in [1.807, 2.05) is 11.3 Å². The van der Waals surface area contributed by atoms with Gasteiger partial charge in [0.05, 0.1) is 6.61 Å². The third-order valence-electron chi connectivity index (χ3n) is 1.43. The standard InChI is InChI=1S/C8H13N2O3P/c1-2-12-14(11,10-9)13-8-6-4-3-5-7-8/h3-7H,2,9H2,1H3,(H,10,11). The highest BCUT2D eigenvalue weighted by atomic mass is 31.2. The van der Waals surface area contributed by atoms with Crippen molar-refractivity contribution < 1.29 is 13.6 Å². The van der Waals surface area contributed by atoms with Crippen molar-refractivity contribution in [3.63, 3.8) is 0 Å². The summed E-state index contributed by atoms with van der Waals surface area (Å²) in [6.45, 7) is 1.96. The molecule has 1 aromatic carbocycles. The van der Waals surface area contributed by atoms with E-state index in [4.69, 9.17) is 14.9 Å². The van der Waals surface area contributed by atoms with Crippen LogP contribution in [-0.4, -0.2) is 6.61 Å². The molecule has 1 atom stereocenters. The molecule has 6 heteroatoms. The zero-order valence-corrected chi connectivity index (χ0v) is 8.74. The van der Waals surface area contributed by atoms with Crippen LogP contribution in [0.5, 0.6) is 5.75 Å². The first-order valence-electron chi connectivity index (χ1n) is 4.17. The Morgan fingerprint density at radius 3 is 2.57 bits per heavy atom. The topological polar surface area (TPSA) is 73.6 Å². The monoisotopic (exact) mass is 216 g/mol. The Morgan fingerprint density at radius 2 is 2.07 bits per heavy atom. The summed E-state index contributed by atoms with van der Waals surface area (Å²) in [7, 11) is -3.39. The van der Waals surface area contributed by atoms with Gasteiger partial charge in [-0.05, 0) is 19.1 Å². The van der Waals surface area contributed by atoms with Crippen molar-refractivity contribution in [2.75, 3.05) is 6.61 Å². The van der Waals surface area contributed by atoms with Gasteiger partial charge < -0.3 is 4.52 Å². The fourth-order valence-corrected chi connectivity index (χ4v) is 1.80. The number of hydrazine groups is 1. The molecule has 1 rings (SSSR count). The van der Waals surface area contributed by atoms with Gasteiger partial charge in [-0.2, -0.15) is 5.20 Å². The van der Waals surface area contributed by atoms with E-state index in [2.05, 4.69) is 0 Å². The fourth-order valence-electron chi connectivity index (χ4n) is 0.880. The average Bonchev–Trinajstić information content (AvgIpc) is 2.20. The van der Waals surface area contributed by atoms with Crippen molar-refractivity contribution in [1.82, 2.24) is 5.20 Å². The highest BCUT2D eigenvalue weighted by molar-refractivity contribution is 7.51. The predicted molar refractivity (Wildman–Crippen MR) is 53.6 cm³/mol. The molecule has 0 fully saturated rings. The van der Waals surface area contributed by atoms with E-state index in [-0.39, 0.29) is 6.61 Å². The van der Waals surface area contributed by atoms with Crippen LogP contribution in [-0.2, 0) is 9.09 Å². The van der Waals surface area contributed by atoms with Gasteiger partial charge in [0.1, 0.15) is 5.75 Å². The minimum Gasteiger partial charge on any atom is -0.412 e. The smallest absolute Gasteiger partial charge is 0.412 e. The molecular formula is C8H13N2O3P. The van der Waals surface area contributed by atoms with Crippen LogP contribution in [0.15, 0.2) is 30.3 Å². The molecular weight excluding hydrogens is 203 g/mol. The Hall–Kier alpha value is -0.870. The first-order valence-corrected chi connectivity index (χ1v) is 5.71. The van der Waals surface area contributed by atoms with Crippen molar-refractivity contribution >= 4 is 7.75 Å². The molecule has 0 amide bonds. The maximum Gasteiger partial charge on any atom is 0.471 e. The van der Waals surface area contributed by atoms with Crippen LogP contribution < -0.4 is 15.6 Å². The Morgan fingerprint density at radius 1 is 1.43 bits per heavy atom. The molecule has 0 aliphatic heterocycles. The Kier molecular flexibility index (Phi) is 4.10. The third-order valence-corrected chi connectivity index (χ3v) is 2.79. The second-order valence-corrected chi connectivity index (χ2v) is 4.14. The number of nitrogens with one attached hydrogen (secondary N) is 1. The molecule has 0 heterocycles. The van der Waals surface area contributed by atoms with Crippen LogP contribution in [0.4, 0.5) is 0 Å². The van der Waals surface area contributed by atoms with Gasteiger partial charge in [0.15, 0.2) is 0 Å². The lowest BCUT2D eigenvalue weighted by atomic mass is 10.3. The van der Waals surface area contributed by atoms with Gasteiger partial charge >= 0.3 is 7.75 Å². The van der Waals surface area contributed by atoms with Crippen LogP contribution in [0, 0.1) is 0 Å². The summed E-state index contributed by atoms with van der Waals surface area (Å²) in [5, 5.41) is 2.04. The summed E-state index contributed by atoms with van der Waals surface area (Å²) in [6.07, 6.45) is 0. The molecule has 1 aromatic rings. The normalized spacial score (nSPS) is 14.7. The van der Waals surface area contributed by atoms with Gasteiger partial charge in [-0.15, -0.1) is 0 Å². The zero-order valence-electron chi connectivity index (χ0n) is 7.84. The van der Waals surface area contributed by atoms with Crippen molar-refractivity contribution in [3.8, 4) is 5.75 Å². The lowest BCUT2D eigenvalue weighted by Crippen LogP contribution is -2.23. The van der Waals surface area contributed by atoms with Crippen molar-refractivity contribution in [2.45, 2.75) is 6.92 Å². The van der Waals surface area contributed by atoms with E-state index in [1.165, 1.54) is 0 Å². The molecule has 78 valence electrons. The van der Waals surface area contributed by atoms with Gasteiger partial charge in [-0.25, -0.2) is 4.57 Å². The van der Waals surface area contributed by atoms with E-state index in [0.717, 1.165) is 0 Å². The van der Waals surface area contributed by atoms with Gasteiger partial charge in [0, 0.05) is 0 Å². The molecule has 0 radical (unpaired) electrons. The maximum atomic E-state index is 11.7. The Labute approximate surface area is 82.8 Å². The van der Waals surface area contributed by atoms with E-state index >= 15 is 0 Å². The second kappa shape index (κ2) is 5.12. The number of hydrogen-bond acceptors (Lipinski definition) is 4. The lowest BCUT2D eigenvalue weighted by Gasteiger charge is -2.16. The summed E-state index contributed by atoms with van der Waals surface area (Å²) >= 11 is 0. The fraction of sp³-hybridized carbons (Fsp3) is 0.250. The number of nitrogens with two attached hydrogens (primary N) is 1. The van der Waals surface area contributed by atoms with Gasteiger partial charge in [-0.3, -0.25) is 10.4 Å². The van der Waals surface area contributed by atoms with Crippen LogP contribution in [0.3, 0.4) is 0 Å². The van der Waals surface area contributed by atoms with E-state index < -0.39 is 7.75 Å². The molecule has 3 N–H and O–H groups in total.